The van der Waals surface area contributed by atoms with E-state index in [0.717, 1.165) is 32.8 Å². The van der Waals surface area contributed by atoms with Crippen molar-refractivity contribution in [3.8, 4) is 5.69 Å². The third-order valence-electron chi connectivity index (χ3n) is 4.63. The molecule has 0 fully saturated rings. The smallest absolute Gasteiger partial charge is 0.236 e. The first kappa shape index (κ1) is 17.6. The minimum absolute atomic E-state index is 0.0259. The van der Waals surface area contributed by atoms with Crippen molar-refractivity contribution in [3.05, 3.63) is 38.9 Å². The highest BCUT2D eigenvalue weighted by Gasteiger charge is 2.27. The first-order chi connectivity index (χ1) is 12.5. The van der Waals surface area contributed by atoms with Gasteiger partial charge in [0.15, 0.2) is 0 Å². The molecule has 136 valence electrons. The van der Waals surface area contributed by atoms with Crippen molar-refractivity contribution >= 4 is 56.2 Å². The van der Waals surface area contributed by atoms with Crippen LogP contribution in [-0.2, 0) is 17.8 Å². The van der Waals surface area contributed by atoms with E-state index in [1.54, 1.807) is 27.1 Å². The molecule has 3 N–H and O–H groups in total. The number of halogens is 2. The normalized spacial score (nSPS) is 13.9. The van der Waals surface area contributed by atoms with Gasteiger partial charge in [-0.3, -0.25) is 4.79 Å². The van der Waals surface area contributed by atoms with Crippen LogP contribution in [0.3, 0.4) is 0 Å². The van der Waals surface area contributed by atoms with E-state index in [0.29, 0.717) is 23.1 Å². The van der Waals surface area contributed by atoms with Crippen molar-refractivity contribution in [2.45, 2.75) is 13.0 Å². The molecule has 1 aliphatic heterocycles. The number of anilines is 1. The molecule has 0 atom stereocenters. The minimum atomic E-state index is -0.0387. The van der Waals surface area contributed by atoms with Crippen molar-refractivity contribution in [2.24, 2.45) is 5.73 Å². The molecule has 26 heavy (non-hydrogen) atoms. The standard InChI is InChI=1S/C17H17Cl2N5OS/c1-21-9-6-22-24(7-9)12-4-11(18)16(19)17-15(12)10-2-3-23(14(25)5-20)8-13(10)26-17/h4,6-7,21H,2-3,5,8,20H2,1H3. The van der Waals surface area contributed by atoms with E-state index in [9.17, 15) is 4.79 Å². The lowest BCUT2D eigenvalue weighted by atomic mass is 10.0. The number of aromatic nitrogens is 2. The van der Waals surface area contributed by atoms with Crippen LogP contribution in [0.5, 0.6) is 0 Å². The molecule has 6 nitrogen and oxygen atoms in total. The van der Waals surface area contributed by atoms with E-state index in [1.165, 1.54) is 5.56 Å². The minimum Gasteiger partial charge on any atom is -0.386 e. The van der Waals surface area contributed by atoms with Crippen LogP contribution in [0.4, 0.5) is 5.69 Å². The van der Waals surface area contributed by atoms with Gasteiger partial charge in [-0.15, -0.1) is 11.3 Å². The van der Waals surface area contributed by atoms with Crippen molar-refractivity contribution in [1.29, 1.82) is 0 Å². The zero-order valence-corrected chi connectivity index (χ0v) is 16.4. The summed E-state index contributed by atoms with van der Waals surface area (Å²) in [7, 11) is 1.85. The average molecular weight is 410 g/mol. The third kappa shape index (κ3) is 2.75. The molecule has 9 heteroatoms. The molecular formula is C17H17Cl2N5OS. The molecule has 1 aliphatic rings. The number of hydrogen-bond donors (Lipinski definition) is 2. The monoisotopic (exact) mass is 409 g/mol. The summed E-state index contributed by atoms with van der Waals surface area (Å²) >= 11 is 14.5. The SMILES string of the molecule is CNc1cnn(-c2cc(Cl)c(Cl)c3sc4c(c23)CCN(C(=O)CN)C4)c1. The van der Waals surface area contributed by atoms with E-state index in [4.69, 9.17) is 28.9 Å². The number of fused-ring (bicyclic) bond motifs is 3. The van der Waals surface area contributed by atoms with Crippen molar-refractivity contribution in [3.63, 3.8) is 0 Å². The number of rotatable bonds is 3. The first-order valence-corrected chi connectivity index (χ1v) is 9.73. The van der Waals surface area contributed by atoms with Crippen LogP contribution in [0.1, 0.15) is 10.4 Å². The molecule has 1 amide bonds. The van der Waals surface area contributed by atoms with E-state index in [1.807, 2.05) is 19.3 Å². The van der Waals surface area contributed by atoms with Gasteiger partial charge >= 0.3 is 0 Å². The Morgan fingerprint density at radius 2 is 2.27 bits per heavy atom. The number of thiophene rings is 1. The molecule has 4 rings (SSSR count). The molecule has 3 aromatic rings. The number of nitrogens with zero attached hydrogens (tertiary/aromatic N) is 3. The summed E-state index contributed by atoms with van der Waals surface area (Å²) in [6.07, 6.45) is 4.43. The van der Waals surface area contributed by atoms with Crippen LogP contribution in [0, 0.1) is 0 Å². The average Bonchev–Trinajstić information content (AvgIpc) is 3.28. The first-order valence-electron chi connectivity index (χ1n) is 8.16. The van der Waals surface area contributed by atoms with Gasteiger partial charge in [0, 0.05) is 23.9 Å². The molecule has 1 aromatic carbocycles. The summed E-state index contributed by atoms with van der Waals surface area (Å²) in [5, 5.41) is 9.61. The van der Waals surface area contributed by atoms with Crippen LogP contribution < -0.4 is 11.1 Å². The Balaban J connectivity index is 1.90. The number of nitrogens with two attached hydrogens (primary N) is 1. The molecule has 3 heterocycles. The van der Waals surface area contributed by atoms with Gasteiger partial charge in [0.1, 0.15) is 0 Å². The Bertz CT molecular complexity index is 1010. The zero-order valence-electron chi connectivity index (χ0n) is 14.1. The van der Waals surface area contributed by atoms with E-state index >= 15 is 0 Å². The summed E-state index contributed by atoms with van der Waals surface area (Å²) in [6.45, 7) is 1.23. The summed E-state index contributed by atoms with van der Waals surface area (Å²) in [5.41, 5.74) is 8.53. The fourth-order valence-electron chi connectivity index (χ4n) is 3.30. The number of carbonyl (C=O) groups excluding carboxylic acids is 1. The predicted molar refractivity (Wildman–Crippen MR) is 107 cm³/mol. The van der Waals surface area contributed by atoms with Gasteiger partial charge < -0.3 is 16.0 Å². The quantitative estimate of drug-likeness (QED) is 0.695. The number of hydrogen-bond acceptors (Lipinski definition) is 5. The van der Waals surface area contributed by atoms with E-state index in [2.05, 4.69) is 10.4 Å². The Kier molecular flexibility index (Phi) is 4.56. The second-order valence-electron chi connectivity index (χ2n) is 6.09. The Labute approximate surface area is 164 Å². The Morgan fingerprint density at radius 1 is 1.46 bits per heavy atom. The van der Waals surface area contributed by atoms with E-state index < -0.39 is 0 Å². The second kappa shape index (κ2) is 6.74. The lowest BCUT2D eigenvalue weighted by Gasteiger charge is -2.26. The fourth-order valence-corrected chi connectivity index (χ4v) is 5.14. The highest BCUT2D eigenvalue weighted by Crippen LogP contribution is 2.44. The molecule has 0 radical (unpaired) electrons. The van der Waals surface area contributed by atoms with Gasteiger partial charge in [-0.05, 0) is 18.1 Å². The van der Waals surface area contributed by atoms with Crippen LogP contribution >= 0.6 is 34.5 Å². The maximum atomic E-state index is 12.0. The van der Waals surface area contributed by atoms with Crippen molar-refractivity contribution in [1.82, 2.24) is 14.7 Å². The summed E-state index contributed by atoms with van der Waals surface area (Å²) in [4.78, 5) is 14.9. The largest absolute Gasteiger partial charge is 0.386 e. The molecule has 0 saturated carbocycles. The lowest BCUT2D eigenvalue weighted by molar-refractivity contribution is -0.130. The van der Waals surface area contributed by atoms with Crippen molar-refractivity contribution < 1.29 is 4.79 Å². The molecule has 0 unspecified atom stereocenters. The van der Waals surface area contributed by atoms with Gasteiger partial charge in [-0.25, -0.2) is 4.68 Å². The zero-order chi connectivity index (χ0) is 18.4. The molecule has 0 spiro atoms. The van der Waals surface area contributed by atoms with Gasteiger partial charge in [0.2, 0.25) is 5.91 Å². The van der Waals surface area contributed by atoms with Gasteiger partial charge in [0.05, 0.1) is 51.6 Å². The summed E-state index contributed by atoms with van der Waals surface area (Å²) in [6, 6.07) is 1.85. The lowest BCUT2D eigenvalue weighted by Crippen LogP contribution is -2.39. The summed E-state index contributed by atoms with van der Waals surface area (Å²) < 4.78 is 2.74. The van der Waals surface area contributed by atoms with Gasteiger partial charge in [-0.1, -0.05) is 23.2 Å². The Morgan fingerprint density at radius 3 is 2.96 bits per heavy atom. The maximum absolute atomic E-state index is 12.0. The van der Waals surface area contributed by atoms with Crippen LogP contribution in [0.2, 0.25) is 10.0 Å². The fraction of sp³-hybridized carbons (Fsp3) is 0.294. The molecule has 2 aromatic heterocycles. The van der Waals surface area contributed by atoms with Crippen molar-refractivity contribution in [2.75, 3.05) is 25.5 Å². The molecular weight excluding hydrogens is 393 g/mol. The molecule has 0 aliphatic carbocycles. The van der Waals surface area contributed by atoms with E-state index in [-0.39, 0.29) is 12.5 Å². The maximum Gasteiger partial charge on any atom is 0.236 e. The second-order valence-corrected chi connectivity index (χ2v) is 7.98. The van der Waals surface area contributed by atoms with Crippen LogP contribution in [0.25, 0.3) is 15.8 Å². The number of amides is 1. The summed E-state index contributed by atoms with van der Waals surface area (Å²) in [5.74, 6) is -0.0387. The number of benzene rings is 1. The highest BCUT2D eigenvalue weighted by molar-refractivity contribution is 7.20. The highest BCUT2D eigenvalue weighted by atomic mass is 35.5. The van der Waals surface area contributed by atoms with Crippen LogP contribution in [-0.4, -0.2) is 40.7 Å². The molecule has 0 saturated heterocycles. The number of carbonyl (C=O) groups is 1. The topological polar surface area (TPSA) is 76.2 Å². The predicted octanol–water partition coefficient (Wildman–Crippen LogP) is 3.28. The van der Waals surface area contributed by atoms with Gasteiger partial charge in [-0.2, -0.15) is 5.10 Å². The Hall–Kier alpha value is -1.80. The number of nitrogens with one attached hydrogen (secondary N) is 1. The van der Waals surface area contributed by atoms with Crippen LogP contribution in [0.15, 0.2) is 18.5 Å². The molecule has 0 bridgehead atoms. The third-order valence-corrected chi connectivity index (χ3v) is 6.76. The van der Waals surface area contributed by atoms with Gasteiger partial charge in [0.25, 0.3) is 0 Å².